The van der Waals surface area contributed by atoms with Gasteiger partial charge >= 0.3 is 0 Å². The van der Waals surface area contributed by atoms with Crippen LogP contribution in [0.15, 0.2) is 30.3 Å². The summed E-state index contributed by atoms with van der Waals surface area (Å²) >= 11 is 0. The predicted molar refractivity (Wildman–Crippen MR) is 84.2 cm³/mol. The minimum Gasteiger partial charge on any atom is -0.380 e. The molecular weight excluding hydrogens is 250 g/mol. The Morgan fingerprint density at radius 2 is 1.50 bits per heavy atom. The van der Waals surface area contributed by atoms with Crippen molar-refractivity contribution in [1.82, 2.24) is 5.32 Å². The monoisotopic (exact) mass is 279 g/mol. The standard InChI is InChI=1S/C17H29NO2/c1-2-3-13-19-15-11-18-12-16-20-14-7-10-17-8-5-4-6-9-17/h4-6,8-9,18H,2-3,7,10-16H2,1H3. The highest BCUT2D eigenvalue weighted by atomic mass is 16.5. The lowest BCUT2D eigenvalue weighted by Gasteiger charge is -2.07. The molecule has 0 aliphatic heterocycles. The number of hydrogen-bond acceptors (Lipinski definition) is 3. The second-order valence-corrected chi connectivity index (χ2v) is 4.92. The lowest BCUT2D eigenvalue weighted by atomic mass is 10.1. The van der Waals surface area contributed by atoms with Crippen LogP contribution in [0.4, 0.5) is 0 Å². The molecule has 1 aromatic rings. The summed E-state index contributed by atoms with van der Waals surface area (Å²) < 4.78 is 11.1. The first-order chi connectivity index (χ1) is 9.93. The summed E-state index contributed by atoms with van der Waals surface area (Å²) in [5.74, 6) is 0. The second kappa shape index (κ2) is 13.1. The van der Waals surface area contributed by atoms with Crippen molar-refractivity contribution in [3.8, 4) is 0 Å². The normalized spacial score (nSPS) is 10.8. The van der Waals surface area contributed by atoms with E-state index < -0.39 is 0 Å². The fourth-order valence-electron chi connectivity index (χ4n) is 1.89. The predicted octanol–water partition coefficient (Wildman–Crippen LogP) is 3.04. The number of unbranched alkanes of at least 4 members (excludes halogenated alkanes) is 1. The van der Waals surface area contributed by atoms with Crippen molar-refractivity contribution in [3.05, 3.63) is 35.9 Å². The number of ether oxygens (including phenoxy) is 2. The minimum atomic E-state index is 0.781. The van der Waals surface area contributed by atoms with Crippen molar-refractivity contribution < 1.29 is 9.47 Å². The van der Waals surface area contributed by atoms with Gasteiger partial charge in [0.15, 0.2) is 0 Å². The van der Waals surface area contributed by atoms with Gasteiger partial charge in [0.1, 0.15) is 0 Å². The summed E-state index contributed by atoms with van der Waals surface area (Å²) in [4.78, 5) is 0. The van der Waals surface area contributed by atoms with Crippen LogP contribution in [0.25, 0.3) is 0 Å². The molecule has 0 fully saturated rings. The third-order valence-electron chi connectivity index (χ3n) is 3.09. The third-order valence-corrected chi connectivity index (χ3v) is 3.09. The fourth-order valence-corrected chi connectivity index (χ4v) is 1.89. The summed E-state index contributed by atoms with van der Waals surface area (Å²) in [5, 5.41) is 3.32. The van der Waals surface area contributed by atoms with Crippen LogP contribution < -0.4 is 5.32 Å². The molecule has 0 atom stereocenters. The SMILES string of the molecule is CCCCOCCNCCOCCCc1ccccc1. The summed E-state index contributed by atoms with van der Waals surface area (Å²) in [5.41, 5.74) is 1.39. The zero-order valence-corrected chi connectivity index (χ0v) is 12.8. The zero-order chi connectivity index (χ0) is 14.3. The Bertz CT molecular complexity index is 303. The average Bonchev–Trinajstić information content (AvgIpc) is 2.49. The van der Waals surface area contributed by atoms with E-state index >= 15 is 0 Å². The van der Waals surface area contributed by atoms with E-state index in [1.807, 2.05) is 0 Å². The van der Waals surface area contributed by atoms with E-state index in [4.69, 9.17) is 9.47 Å². The van der Waals surface area contributed by atoms with Crippen LogP contribution in [0, 0.1) is 0 Å². The summed E-state index contributed by atoms with van der Waals surface area (Å²) in [6.07, 6.45) is 4.54. The summed E-state index contributed by atoms with van der Waals surface area (Å²) in [6.45, 7) is 7.30. The molecule has 20 heavy (non-hydrogen) atoms. The number of benzene rings is 1. The average molecular weight is 279 g/mol. The Kier molecular flexibility index (Phi) is 11.2. The number of nitrogens with one attached hydrogen (secondary N) is 1. The van der Waals surface area contributed by atoms with Gasteiger partial charge in [-0.2, -0.15) is 0 Å². The van der Waals surface area contributed by atoms with Crippen molar-refractivity contribution in [2.45, 2.75) is 32.6 Å². The Hall–Kier alpha value is -0.900. The molecule has 0 heterocycles. The Balaban J connectivity index is 1.77. The van der Waals surface area contributed by atoms with Gasteiger partial charge in [0.2, 0.25) is 0 Å². The first-order valence-corrected chi connectivity index (χ1v) is 7.83. The van der Waals surface area contributed by atoms with Gasteiger partial charge < -0.3 is 14.8 Å². The van der Waals surface area contributed by atoms with Crippen LogP contribution in [0.1, 0.15) is 31.7 Å². The van der Waals surface area contributed by atoms with Crippen molar-refractivity contribution >= 4 is 0 Å². The molecule has 0 unspecified atom stereocenters. The molecule has 0 saturated heterocycles. The maximum atomic E-state index is 5.60. The molecule has 1 aromatic carbocycles. The molecule has 0 aliphatic rings. The maximum absolute atomic E-state index is 5.60. The highest BCUT2D eigenvalue weighted by Crippen LogP contribution is 2.02. The summed E-state index contributed by atoms with van der Waals surface area (Å²) in [7, 11) is 0. The van der Waals surface area contributed by atoms with Gasteiger partial charge in [-0.15, -0.1) is 0 Å². The van der Waals surface area contributed by atoms with Gasteiger partial charge in [0.05, 0.1) is 13.2 Å². The van der Waals surface area contributed by atoms with Crippen LogP contribution in [0.2, 0.25) is 0 Å². The van der Waals surface area contributed by atoms with E-state index in [0.717, 1.165) is 58.8 Å². The molecule has 3 heteroatoms. The first-order valence-electron chi connectivity index (χ1n) is 7.83. The molecule has 1 rings (SSSR count). The van der Waals surface area contributed by atoms with Crippen LogP contribution in [-0.2, 0) is 15.9 Å². The van der Waals surface area contributed by atoms with E-state index in [9.17, 15) is 0 Å². The smallest absolute Gasteiger partial charge is 0.0590 e. The minimum absolute atomic E-state index is 0.781. The Morgan fingerprint density at radius 1 is 0.850 bits per heavy atom. The molecule has 0 saturated carbocycles. The third kappa shape index (κ3) is 9.96. The molecule has 0 spiro atoms. The molecule has 0 radical (unpaired) electrons. The lowest BCUT2D eigenvalue weighted by molar-refractivity contribution is 0.119. The molecule has 0 bridgehead atoms. The first kappa shape index (κ1) is 17.2. The highest BCUT2D eigenvalue weighted by molar-refractivity contribution is 5.14. The van der Waals surface area contributed by atoms with Crippen LogP contribution >= 0.6 is 0 Å². The van der Waals surface area contributed by atoms with E-state index in [-0.39, 0.29) is 0 Å². The molecule has 114 valence electrons. The molecule has 3 nitrogen and oxygen atoms in total. The number of aryl methyl sites for hydroxylation is 1. The largest absolute Gasteiger partial charge is 0.380 e. The second-order valence-electron chi connectivity index (χ2n) is 4.92. The van der Waals surface area contributed by atoms with Gasteiger partial charge in [-0.05, 0) is 24.8 Å². The van der Waals surface area contributed by atoms with Crippen LogP contribution in [0.3, 0.4) is 0 Å². The van der Waals surface area contributed by atoms with Gasteiger partial charge in [-0.3, -0.25) is 0 Å². The van der Waals surface area contributed by atoms with Crippen molar-refractivity contribution in [2.75, 3.05) is 39.5 Å². The zero-order valence-electron chi connectivity index (χ0n) is 12.8. The Labute approximate surface area is 123 Å². The maximum Gasteiger partial charge on any atom is 0.0590 e. The molecular formula is C17H29NO2. The molecule has 0 amide bonds. The van der Waals surface area contributed by atoms with Crippen LogP contribution in [-0.4, -0.2) is 39.5 Å². The van der Waals surface area contributed by atoms with Crippen molar-refractivity contribution in [1.29, 1.82) is 0 Å². The van der Waals surface area contributed by atoms with Gasteiger partial charge in [0.25, 0.3) is 0 Å². The van der Waals surface area contributed by atoms with Crippen LogP contribution in [0.5, 0.6) is 0 Å². The van der Waals surface area contributed by atoms with Gasteiger partial charge in [-0.25, -0.2) is 0 Å². The molecule has 0 aromatic heterocycles. The van der Waals surface area contributed by atoms with Crippen molar-refractivity contribution in [2.24, 2.45) is 0 Å². The quantitative estimate of drug-likeness (QED) is 0.563. The van der Waals surface area contributed by atoms with E-state index in [0.29, 0.717) is 0 Å². The fraction of sp³-hybridized carbons (Fsp3) is 0.647. The molecule has 1 N–H and O–H groups in total. The number of rotatable bonds is 13. The molecule has 0 aliphatic carbocycles. The van der Waals surface area contributed by atoms with E-state index in [1.165, 1.54) is 12.0 Å². The highest BCUT2D eigenvalue weighted by Gasteiger charge is 1.93. The topological polar surface area (TPSA) is 30.5 Å². The van der Waals surface area contributed by atoms with Gasteiger partial charge in [-0.1, -0.05) is 43.7 Å². The number of hydrogen-bond donors (Lipinski definition) is 1. The summed E-state index contributed by atoms with van der Waals surface area (Å²) in [6, 6.07) is 10.6. The van der Waals surface area contributed by atoms with E-state index in [1.54, 1.807) is 0 Å². The van der Waals surface area contributed by atoms with E-state index in [2.05, 4.69) is 42.6 Å². The Morgan fingerprint density at radius 3 is 2.15 bits per heavy atom. The van der Waals surface area contributed by atoms with Crippen molar-refractivity contribution in [3.63, 3.8) is 0 Å². The van der Waals surface area contributed by atoms with Gasteiger partial charge in [0, 0.05) is 26.3 Å². The lowest BCUT2D eigenvalue weighted by Crippen LogP contribution is -2.24.